The van der Waals surface area contributed by atoms with E-state index in [1.54, 1.807) is 42.5 Å². The predicted octanol–water partition coefficient (Wildman–Crippen LogP) is 6.14. The Labute approximate surface area is 164 Å². The summed E-state index contributed by atoms with van der Waals surface area (Å²) in [5.41, 5.74) is -1.97. The molecule has 0 aliphatic heterocycles. The van der Waals surface area contributed by atoms with Crippen molar-refractivity contribution in [2.75, 3.05) is 6.54 Å². The number of alkyl halides is 3. The molecule has 0 heterocycles. The molecule has 0 aromatic heterocycles. The third kappa shape index (κ3) is 4.44. The van der Waals surface area contributed by atoms with Crippen molar-refractivity contribution in [3.63, 3.8) is 0 Å². The van der Waals surface area contributed by atoms with Crippen LogP contribution >= 0.6 is 0 Å². The van der Waals surface area contributed by atoms with Gasteiger partial charge in [0.1, 0.15) is 0 Å². The van der Waals surface area contributed by atoms with Gasteiger partial charge in [-0.15, -0.1) is 0 Å². The third-order valence-electron chi connectivity index (χ3n) is 3.83. The smallest absolute Gasteiger partial charge is 0.310 e. The molecule has 1 N–H and O–H groups in total. The van der Waals surface area contributed by atoms with Crippen molar-refractivity contribution in [1.29, 1.82) is 0 Å². The van der Waals surface area contributed by atoms with E-state index in [2.05, 4.69) is 5.32 Å². The Kier molecular flexibility index (Phi) is 3.08. The summed E-state index contributed by atoms with van der Waals surface area (Å²) in [7, 11) is 0. The molecule has 1 atom stereocenters. The lowest BCUT2D eigenvalue weighted by Crippen LogP contribution is -2.20. The van der Waals surface area contributed by atoms with Crippen molar-refractivity contribution >= 4 is 10.8 Å². The predicted molar refractivity (Wildman–Crippen MR) is 100 cm³/mol. The Morgan fingerprint density at radius 2 is 1.96 bits per heavy atom. The van der Waals surface area contributed by atoms with Crippen molar-refractivity contribution in [2.45, 2.75) is 31.9 Å². The van der Waals surface area contributed by atoms with E-state index in [9.17, 15) is 13.2 Å². The topological polar surface area (TPSA) is 12.0 Å². The summed E-state index contributed by atoms with van der Waals surface area (Å²) in [6.45, 7) is -3.21. The van der Waals surface area contributed by atoms with Gasteiger partial charge in [-0.3, -0.25) is 0 Å². The van der Waals surface area contributed by atoms with E-state index in [1.165, 1.54) is 0 Å². The first-order chi connectivity index (χ1) is 16.0. The Morgan fingerprint density at radius 3 is 2.77 bits per heavy atom. The van der Waals surface area contributed by atoms with Crippen molar-refractivity contribution in [1.82, 2.24) is 5.32 Å². The summed E-state index contributed by atoms with van der Waals surface area (Å²) in [6.07, 6.45) is -8.35. The van der Waals surface area contributed by atoms with E-state index in [0.717, 1.165) is 5.39 Å². The molecule has 1 nitrogen and oxygen atoms in total. The molecule has 3 aromatic carbocycles. The van der Waals surface area contributed by atoms with E-state index in [0.29, 0.717) is 10.9 Å². The van der Waals surface area contributed by atoms with Crippen LogP contribution in [0.4, 0.5) is 13.2 Å². The molecule has 4 heteroatoms. The van der Waals surface area contributed by atoms with Gasteiger partial charge in [0.05, 0.1) is 11.0 Å². The highest BCUT2D eigenvalue weighted by Crippen LogP contribution is 2.29. The Bertz CT molecular complexity index is 1230. The first-order valence-electron chi connectivity index (χ1n) is 12.4. The molecule has 0 saturated heterocycles. The Balaban J connectivity index is 1.95. The maximum Gasteiger partial charge on any atom is 0.416 e. The number of hydrogen-bond donors (Lipinski definition) is 1. The second-order valence-electron chi connectivity index (χ2n) is 5.66. The van der Waals surface area contributed by atoms with Crippen LogP contribution in [0.25, 0.3) is 10.8 Å². The number of hydrogen-bond acceptors (Lipinski definition) is 1. The first-order valence-corrected chi connectivity index (χ1v) is 7.92. The highest BCUT2D eigenvalue weighted by molar-refractivity contribution is 5.86. The van der Waals surface area contributed by atoms with Crippen molar-refractivity contribution in [3.05, 3.63) is 83.3 Å². The van der Waals surface area contributed by atoms with Crippen LogP contribution in [-0.2, 0) is 12.6 Å². The van der Waals surface area contributed by atoms with Crippen molar-refractivity contribution in [3.8, 4) is 0 Å². The maximum atomic E-state index is 13.4. The van der Waals surface area contributed by atoms with Gasteiger partial charge in [-0.1, -0.05) is 60.6 Å². The fourth-order valence-electron chi connectivity index (χ4n) is 2.59. The minimum absolute atomic E-state index is 0.396. The van der Waals surface area contributed by atoms with Gasteiger partial charge < -0.3 is 5.32 Å². The summed E-state index contributed by atoms with van der Waals surface area (Å²) in [4.78, 5) is 0. The van der Waals surface area contributed by atoms with E-state index in [-0.39, 0.29) is 0 Å². The molecule has 0 spiro atoms. The molecule has 0 saturated carbocycles. The average Bonchev–Trinajstić information content (AvgIpc) is 2.74. The summed E-state index contributed by atoms with van der Waals surface area (Å²) >= 11 is 0. The third-order valence-corrected chi connectivity index (χ3v) is 3.83. The second-order valence-corrected chi connectivity index (χ2v) is 5.66. The zero-order valence-corrected chi connectivity index (χ0v) is 13.7. The molecular weight excluding hydrogens is 335 g/mol. The molecular formula is C22H22F3N. The van der Waals surface area contributed by atoms with Gasteiger partial charge in [-0.25, -0.2) is 0 Å². The molecule has 3 rings (SSSR count). The molecule has 3 aromatic rings. The zero-order valence-electron chi connectivity index (χ0n) is 22.7. The summed E-state index contributed by atoms with van der Waals surface area (Å²) < 4.78 is 112. The van der Waals surface area contributed by atoms with Crippen molar-refractivity contribution < 1.29 is 25.5 Å². The van der Waals surface area contributed by atoms with Gasteiger partial charge in [-0.05, 0) is 54.1 Å². The van der Waals surface area contributed by atoms with E-state index < -0.39 is 73.7 Å². The van der Waals surface area contributed by atoms with E-state index >= 15 is 0 Å². The van der Waals surface area contributed by atoms with Gasteiger partial charge in [0.25, 0.3) is 0 Å². The molecule has 0 unspecified atom stereocenters. The zero-order chi connectivity index (χ0) is 26.3. The molecule has 136 valence electrons. The van der Waals surface area contributed by atoms with Crippen LogP contribution in [0.15, 0.2) is 66.6 Å². The van der Waals surface area contributed by atoms with Gasteiger partial charge in [0.15, 0.2) is 0 Å². The normalized spacial score (nSPS) is 19.1. The highest BCUT2D eigenvalue weighted by atomic mass is 19.4. The lowest BCUT2D eigenvalue weighted by atomic mass is 9.99. The molecule has 0 bridgehead atoms. The van der Waals surface area contributed by atoms with Crippen LogP contribution in [-0.4, -0.2) is 6.54 Å². The molecule has 26 heavy (non-hydrogen) atoms. The van der Waals surface area contributed by atoms with Gasteiger partial charge in [0.2, 0.25) is 0 Å². The molecule has 0 aliphatic carbocycles. The standard InChI is InChI=1S/C22H22F3N/c1-16(20-13-5-10-18-9-2-3-12-21(18)20)26-14-6-8-17-7-4-11-19(15-17)22(23,24)25/h2-5,7,9-13,15-16,26H,6,8,14H2,1H3/t16-/m1/s1/i1D3,4D,6D2,7D,11D,15D. The SMILES string of the molecule is [2H]c1c([2H])c(CC([2H])([2H])CN[C@@H](c2cccc3ccccc23)C([2H])([2H])[2H])c([2H])c(C(F)(F)F)c1[2H]. The second kappa shape index (κ2) is 7.92. The summed E-state index contributed by atoms with van der Waals surface area (Å²) in [6, 6.07) is 6.39. The molecule has 0 fully saturated rings. The minimum atomic E-state index is -5.13. The molecule has 0 aliphatic rings. The Morgan fingerprint density at radius 1 is 1.15 bits per heavy atom. The van der Waals surface area contributed by atoms with Gasteiger partial charge in [-0.2, -0.15) is 13.2 Å². The minimum Gasteiger partial charge on any atom is -0.310 e. The number of nitrogens with one attached hydrogen (secondary N) is 1. The fourth-order valence-corrected chi connectivity index (χ4v) is 2.59. The summed E-state index contributed by atoms with van der Waals surface area (Å²) in [5.74, 6) is 0. The van der Waals surface area contributed by atoms with E-state index in [1.807, 2.05) is 0 Å². The van der Waals surface area contributed by atoms with Gasteiger partial charge in [0, 0.05) is 12.9 Å². The summed E-state index contributed by atoms with van der Waals surface area (Å²) in [5, 5.41) is 4.09. The van der Waals surface area contributed by atoms with Crippen LogP contribution in [0.5, 0.6) is 0 Å². The number of benzene rings is 3. The molecule has 0 amide bonds. The van der Waals surface area contributed by atoms with E-state index in [4.69, 9.17) is 12.3 Å². The van der Waals surface area contributed by atoms with Crippen LogP contribution in [0.2, 0.25) is 0 Å². The average molecular weight is 366 g/mol. The number of halogens is 3. The quantitative estimate of drug-likeness (QED) is 0.552. The van der Waals surface area contributed by atoms with Crippen LogP contribution in [0.1, 0.15) is 48.3 Å². The lowest BCUT2D eigenvalue weighted by molar-refractivity contribution is -0.137. The number of rotatable bonds is 6. The number of fused-ring (bicyclic) bond motifs is 1. The highest BCUT2D eigenvalue weighted by Gasteiger charge is 2.30. The largest absolute Gasteiger partial charge is 0.416 e. The first kappa shape index (κ1) is 10.1. The van der Waals surface area contributed by atoms with Gasteiger partial charge >= 0.3 is 6.18 Å². The van der Waals surface area contributed by atoms with Crippen LogP contribution in [0.3, 0.4) is 0 Å². The molecule has 0 radical (unpaired) electrons. The lowest BCUT2D eigenvalue weighted by Gasteiger charge is -2.17. The van der Waals surface area contributed by atoms with Crippen LogP contribution < -0.4 is 5.32 Å². The van der Waals surface area contributed by atoms with Crippen LogP contribution in [0, 0.1) is 0 Å². The maximum absolute atomic E-state index is 13.4. The van der Waals surface area contributed by atoms with Crippen molar-refractivity contribution in [2.24, 2.45) is 0 Å². The Hall–Kier alpha value is -2.33. The monoisotopic (exact) mass is 366 g/mol. The fraction of sp³-hybridized carbons (Fsp3) is 0.273.